The Morgan fingerprint density at radius 3 is 2.26 bits per heavy atom. The second-order valence-electron chi connectivity index (χ2n) is 6.24. The SMILES string of the molecule is COc1cc(CNc2ccc(C)cc2)cc(Br)c1OCc1ccc(Br)cc1. The molecule has 0 spiro atoms. The van der Waals surface area contributed by atoms with Gasteiger partial charge in [-0.15, -0.1) is 0 Å². The minimum atomic E-state index is 0.475. The number of anilines is 1. The van der Waals surface area contributed by atoms with Gasteiger partial charge in [0.15, 0.2) is 11.5 Å². The van der Waals surface area contributed by atoms with Gasteiger partial charge in [0.2, 0.25) is 0 Å². The van der Waals surface area contributed by atoms with Crippen LogP contribution >= 0.6 is 31.9 Å². The van der Waals surface area contributed by atoms with E-state index in [0.717, 1.165) is 25.8 Å². The van der Waals surface area contributed by atoms with Gasteiger partial charge in [-0.05, 0) is 70.4 Å². The molecule has 0 aromatic heterocycles. The number of aryl methyl sites for hydroxylation is 1. The van der Waals surface area contributed by atoms with E-state index in [4.69, 9.17) is 9.47 Å². The van der Waals surface area contributed by atoms with Crippen LogP contribution in [-0.2, 0) is 13.2 Å². The van der Waals surface area contributed by atoms with Crippen LogP contribution in [0, 0.1) is 6.92 Å². The summed E-state index contributed by atoms with van der Waals surface area (Å²) in [6, 6.07) is 20.5. The second kappa shape index (κ2) is 9.29. The zero-order chi connectivity index (χ0) is 19.2. The van der Waals surface area contributed by atoms with Gasteiger partial charge in [-0.3, -0.25) is 0 Å². The molecule has 0 saturated heterocycles. The maximum Gasteiger partial charge on any atom is 0.175 e. The van der Waals surface area contributed by atoms with Crippen LogP contribution in [0.4, 0.5) is 5.69 Å². The van der Waals surface area contributed by atoms with E-state index in [1.54, 1.807) is 7.11 Å². The first-order valence-corrected chi connectivity index (χ1v) is 10.2. The van der Waals surface area contributed by atoms with Crippen molar-refractivity contribution in [1.82, 2.24) is 0 Å². The van der Waals surface area contributed by atoms with Crippen LogP contribution in [0.15, 0.2) is 69.6 Å². The van der Waals surface area contributed by atoms with Gasteiger partial charge in [0.25, 0.3) is 0 Å². The maximum absolute atomic E-state index is 6.01. The van der Waals surface area contributed by atoms with E-state index >= 15 is 0 Å². The summed E-state index contributed by atoms with van der Waals surface area (Å²) in [6.07, 6.45) is 0. The van der Waals surface area contributed by atoms with Gasteiger partial charge in [-0.2, -0.15) is 0 Å². The summed E-state index contributed by atoms with van der Waals surface area (Å²) in [6.45, 7) is 3.26. The summed E-state index contributed by atoms with van der Waals surface area (Å²) in [4.78, 5) is 0. The van der Waals surface area contributed by atoms with Crippen LogP contribution in [0.2, 0.25) is 0 Å². The molecule has 0 unspecified atom stereocenters. The highest BCUT2D eigenvalue weighted by atomic mass is 79.9. The van der Waals surface area contributed by atoms with Gasteiger partial charge in [0.1, 0.15) is 6.61 Å². The Labute approximate surface area is 177 Å². The molecule has 0 aliphatic rings. The van der Waals surface area contributed by atoms with Crippen molar-refractivity contribution in [3.8, 4) is 11.5 Å². The highest BCUT2D eigenvalue weighted by Gasteiger charge is 2.12. The predicted octanol–water partition coefficient (Wildman–Crippen LogP) is 6.72. The molecule has 0 radical (unpaired) electrons. The summed E-state index contributed by atoms with van der Waals surface area (Å²) < 4.78 is 13.5. The Morgan fingerprint density at radius 2 is 1.59 bits per heavy atom. The van der Waals surface area contributed by atoms with Crippen LogP contribution in [0.1, 0.15) is 16.7 Å². The number of nitrogens with one attached hydrogen (secondary N) is 1. The number of rotatable bonds is 7. The summed E-state index contributed by atoms with van der Waals surface area (Å²) in [5.74, 6) is 1.42. The van der Waals surface area contributed by atoms with Crippen LogP contribution in [0.5, 0.6) is 11.5 Å². The smallest absolute Gasteiger partial charge is 0.175 e. The third-order valence-electron chi connectivity index (χ3n) is 4.13. The third kappa shape index (κ3) is 5.50. The minimum absolute atomic E-state index is 0.475. The second-order valence-corrected chi connectivity index (χ2v) is 8.01. The Morgan fingerprint density at radius 1 is 0.889 bits per heavy atom. The lowest BCUT2D eigenvalue weighted by atomic mass is 10.2. The van der Waals surface area contributed by atoms with Crippen molar-refractivity contribution in [3.05, 3.63) is 86.3 Å². The van der Waals surface area contributed by atoms with Crippen LogP contribution in [0.25, 0.3) is 0 Å². The van der Waals surface area contributed by atoms with E-state index in [1.165, 1.54) is 5.56 Å². The molecule has 3 rings (SSSR count). The van der Waals surface area contributed by atoms with Gasteiger partial charge in [-0.1, -0.05) is 45.8 Å². The molecule has 3 aromatic rings. The zero-order valence-corrected chi connectivity index (χ0v) is 18.4. The molecule has 0 bridgehead atoms. The Balaban J connectivity index is 1.70. The first-order chi connectivity index (χ1) is 13.0. The first kappa shape index (κ1) is 19.8. The molecule has 3 nitrogen and oxygen atoms in total. The average Bonchev–Trinajstić information content (AvgIpc) is 2.67. The molecule has 0 heterocycles. The lowest BCUT2D eigenvalue weighted by Crippen LogP contribution is -2.02. The fraction of sp³-hybridized carbons (Fsp3) is 0.182. The van der Waals surface area contributed by atoms with Crippen LogP contribution in [0.3, 0.4) is 0 Å². The van der Waals surface area contributed by atoms with Crippen molar-refractivity contribution in [3.63, 3.8) is 0 Å². The topological polar surface area (TPSA) is 30.5 Å². The molecular weight excluding hydrogens is 470 g/mol. The van der Waals surface area contributed by atoms with Gasteiger partial charge in [0.05, 0.1) is 11.6 Å². The summed E-state index contributed by atoms with van der Waals surface area (Å²) in [5, 5.41) is 3.43. The van der Waals surface area contributed by atoms with Crippen molar-refractivity contribution in [2.45, 2.75) is 20.1 Å². The number of hydrogen-bond acceptors (Lipinski definition) is 3. The Hall–Kier alpha value is -1.98. The minimum Gasteiger partial charge on any atom is -0.493 e. The molecule has 0 saturated carbocycles. The summed E-state index contributed by atoms with van der Waals surface area (Å²) in [5.41, 5.74) is 4.54. The molecule has 1 N–H and O–H groups in total. The standard InChI is InChI=1S/C22H21Br2NO2/c1-15-3-9-19(10-4-15)25-13-17-11-20(24)22(21(12-17)26-2)27-14-16-5-7-18(23)8-6-16/h3-12,25H,13-14H2,1-2H3. The van der Waals surface area contributed by atoms with E-state index in [-0.39, 0.29) is 0 Å². The number of hydrogen-bond donors (Lipinski definition) is 1. The zero-order valence-electron chi connectivity index (χ0n) is 15.3. The summed E-state index contributed by atoms with van der Waals surface area (Å²) >= 11 is 7.06. The summed E-state index contributed by atoms with van der Waals surface area (Å²) in [7, 11) is 1.66. The van der Waals surface area contributed by atoms with Crippen molar-refractivity contribution in [2.75, 3.05) is 12.4 Å². The molecular formula is C22H21Br2NO2. The molecule has 0 atom stereocenters. The fourth-order valence-electron chi connectivity index (χ4n) is 2.63. The number of ether oxygens (including phenoxy) is 2. The lowest BCUT2D eigenvalue weighted by Gasteiger charge is -2.15. The van der Waals surface area contributed by atoms with Crippen LogP contribution < -0.4 is 14.8 Å². The highest BCUT2D eigenvalue weighted by molar-refractivity contribution is 9.10. The molecule has 140 valence electrons. The molecule has 0 aliphatic heterocycles. The Bertz CT molecular complexity index is 893. The average molecular weight is 491 g/mol. The predicted molar refractivity (Wildman–Crippen MR) is 118 cm³/mol. The molecule has 0 aliphatic carbocycles. The normalized spacial score (nSPS) is 10.5. The molecule has 0 fully saturated rings. The monoisotopic (exact) mass is 489 g/mol. The molecule has 27 heavy (non-hydrogen) atoms. The first-order valence-electron chi connectivity index (χ1n) is 8.59. The van der Waals surface area contributed by atoms with E-state index in [1.807, 2.05) is 30.3 Å². The Kier molecular flexibility index (Phi) is 6.80. The van der Waals surface area contributed by atoms with Gasteiger partial charge in [0, 0.05) is 16.7 Å². The maximum atomic E-state index is 6.01. The van der Waals surface area contributed by atoms with E-state index in [9.17, 15) is 0 Å². The van der Waals surface area contributed by atoms with Crippen LogP contribution in [-0.4, -0.2) is 7.11 Å². The van der Waals surface area contributed by atoms with Gasteiger partial charge >= 0.3 is 0 Å². The van der Waals surface area contributed by atoms with E-state index < -0.39 is 0 Å². The third-order valence-corrected chi connectivity index (χ3v) is 5.25. The van der Waals surface area contributed by atoms with E-state index in [0.29, 0.717) is 24.7 Å². The van der Waals surface area contributed by atoms with Crippen molar-refractivity contribution < 1.29 is 9.47 Å². The quantitative estimate of drug-likeness (QED) is 0.398. The largest absolute Gasteiger partial charge is 0.493 e. The van der Waals surface area contributed by atoms with Gasteiger partial charge in [-0.25, -0.2) is 0 Å². The highest BCUT2D eigenvalue weighted by Crippen LogP contribution is 2.37. The van der Waals surface area contributed by atoms with Crippen molar-refractivity contribution in [2.24, 2.45) is 0 Å². The van der Waals surface area contributed by atoms with Crippen molar-refractivity contribution >= 4 is 37.5 Å². The number of methoxy groups -OCH3 is 1. The van der Waals surface area contributed by atoms with Gasteiger partial charge < -0.3 is 14.8 Å². The lowest BCUT2D eigenvalue weighted by molar-refractivity contribution is 0.282. The molecule has 0 amide bonds. The number of benzene rings is 3. The fourth-order valence-corrected chi connectivity index (χ4v) is 3.50. The molecule has 3 aromatic carbocycles. The number of halogens is 2. The van der Waals surface area contributed by atoms with Crippen molar-refractivity contribution in [1.29, 1.82) is 0 Å². The van der Waals surface area contributed by atoms with E-state index in [2.05, 4.69) is 74.4 Å². The molecule has 5 heteroatoms.